The molecular formula is C12H11Cl3N3O2P. The van der Waals surface area contributed by atoms with Gasteiger partial charge in [-0.1, -0.05) is 0 Å². The summed E-state index contributed by atoms with van der Waals surface area (Å²) >= 11 is 13.8. The van der Waals surface area contributed by atoms with E-state index >= 15 is 0 Å². The molecule has 0 fully saturated rings. The number of nitrogens with one attached hydrogen (secondary N) is 1. The highest BCUT2D eigenvalue weighted by Crippen LogP contribution is 2.61. The maximum atomic E-state index is 12.0. The van der Waals surface area contributed by atoms with Crippen LogP contribution in [0.25, 0.3) is 11.0 Å². The van der Waals surface area contributed by atoms with Crippen molar-refractivity contribution in [2.24, 2.45) is 0 Å². The Balaban J connectivity index is 0.000000383. The molecule has 0 aliphatic carbocycles. The highest BCUT2D eigenvalue weighted by atomic mass is 36.0. The van der Waals surface area contributed by atoms with Crippen LogP contribution >= 0.6 is 38.9 Å². The second-order valence-electron chi connectivity index (χ2n) is 4.21. The maximum absolute atomic E-state index is 12.0. The van der Waals surface area contributed by atoms with E-state index in [0.29, 0.717) is 11.0 Å². The van der Waals surface area contributed by atoms with Gasteiger partial charge in [-0.3, -0.25) is 9.36 Å². The van der Waals surface area contributed by atoms with E-state index in [4.69, 9.17) is 5.26 Å². The fourth-order valence-electron chi connectivity index (χ4n) is 1.75. The Morgan fingerprint density at radius 3 is 2.24 bits per heavy atom. The van der Waals surface area contributed by atoms with E-state index in [9.17, 15) is 9.36 Å². The van der Waals surface area contributed by atoms with Crippen molar-refractivity contribution in [1.82, 2.24) is 9.97 Å². The molecule has 9 heteroatoms. The number of nitrogens with zero attached hydrogens (tertiary/aromatic N) is 2. The molecule has 0 aliphatic heterocycles. The van der Waals surface area contributed by atoms with Crippen LogP contribution in [0.15, 0.2) is 11.0 Å². The Bertz CT molecular complexity index is 828. The van der Waals surface area contributed by atoms with Crippen molar-refractivity contribution in [1.29, 1.82) is 5.26 Å². The fraction of sp³-hybridized carbons (Fsp3) is 0.250. The first-order valence-corrected chi connectivity index (χ1v) is 10.1. The van der Waals surface area contributed by atoms with Gasteiger partial charge in [0.1, 0.15) is 17.3 Å². The van der Waals surface area contributed by atoms with Crippen molar-refractivity contribution >= 4 is 50.0 Å². The predicted molar refractivity (Wildman–Crippen MR) is 86.5 cm³/mol. The van der Waals surface area contributed by atoms with Gasteiger partial charge in [0.2, 0.25) is 5.43 Å². The summed E-state index contributed by atoms with van der Waals surface area (Å²) in [5.41, 5.74) is 3.20. The Labute approximate surface area is 135 Å². The minimum atomic E-state index is -3.22. The first-order chi connectivity index (χ1) is 9.56. The molecule has 0 saturated carbocycles. The summed E-state index contributed by atoms with van der Waals surface area (Å²) in [5, 5.41) is 6.10. The summed E-state index contributed by atoms with van der Waals surface area (Å²) in [5.74, 6) is 0. The van der Waals surface area contributed by atoms with Crippen LogP contribution in [0, 0.1) is 32.1 Å². The number of aryl methyl sites for hydroxylation is 2. The zero-order chi connectivity index (χ0) is 16.4. The number of aromatic nitrogens is 2. The number of fused-ring (bicyclic) bond motifs is 1. The van der Waals surface area contributed by atoms with Crippen molar-refractivity contribution in [2.75, 3.05) is 0 Å². The van der Waals surface area contributed by atoms with E-state index in [1.807, 2.05) is 26.8 Å². The molecule has 2 rings (SSSR count). The van der Waals surface area contributed by atoms with Crippen LogP contribution in [0.1, 0.15) is 22.4 Å². The Kier molecular flexibility index (Phi) is 5.83. The number of hydrogen-bond acceptors (Lipinski definition) is 4. The normalized spacial score (nSPS) is 10.7. The molecule has 0 unspecified atom stereocenters. The van der Waals surface area contributed by atoms with Gasteiger partial charge in [-0.25, -0.2) is 4.98 Å². The van der Waals surface area contributed by atoms with Gasteiger partial charge in [0.05, 0.1) is 5.39 Å². The van der Waals surface area contributed by atoms with Gasteiger partial charge in [0, 0.05) is 11.9 Å². The van der Waals surface area contributed by atoms with E-state index < -0.39 is 5.20 Å². The largest absolute Gasteiger partial charge is 0.345 e. The monoisotopic (exact) mass is 365 g/mol. The first-order valence-electron chi connectivity index (χ1n) is 5.64. The molecule has 0 aromatic carbocycles. The number of nitriles is 1. The van der Waals surface area contributed by atoms with Crippen LogP contribution < -0.4 is 5.43 Å². The molecule has 2 heterocycles. The Hall–Kier alpha value is -1.05. The summed E-state index contributed by atoms with van der Waals surface area (Å²) < 4.78 is 9.51. The molecule has 0 radical (unpaired) electrons. The third-order valence-electron chi connectivity index (χ3n) is 2.94. The molecule has 0 atom stereocenters. The SMILES string of the molecule is Cc1nc2[nH]cc(C#N)c(=O)c2c(C)c1C.O=P(Cl)(Cl)Cl. The predicted octanol–water partition coefficient (Wildman–Crippen LogP) is 4.53. The van der Waals surface area contributed by atoms with Crippen LogP contribution in [-0.2, 0) is 4.57 Å². The van der Waals surface area contributed by atoms with E-state index in [-0.39, 0.29) is 11.0 Å². The Morgan fingerprint density at radius 1 is 1.24 bits per heavy atom. The molecule has 5 nitrogen and oxygen atoms in total. The van der Waals surface area contributed by atoms with Crippen molar-refractivity contribution < 1.29 is 4.57 Å². The zero-order valence-electron chi connectivity index (χ0n) is 11.4. The molecule has 0 spiro atoms. The average molecular weight is 367 g/mol. The number of halogens is 3. The summed E-state index contributed by atoms with van der Waals surface area (Å²) in [6.07, 6.45) is 1.41. The van der Waals surface area contributed by atoms with Crippen molar-refractivity contribution in [3.8, 4) is 6.07 Å². The van der Waals surface area contributed by atoms with Crippen LogP contribution in [-0.4, -0.2) is 9.97 Å². The second kappa shape index (κ2) is 6.81. The van der Waals surface area contributed by atoms with Gasteiger partial charge in [-0.05, 0) is 65.6 Å². The maximum Gasteiger partial charge on any atom is 0.339 e. The molecule has 0 bridgehead atoms. The van der Waals surface area contributed by atoms with Crippen LogP contribution in [0.3, 0.4) is 0 Å². The van der Waals surface area contributed by atoms with Gasteiger partial charge in [-0.15, -0.1) is 0 Å². The smallest absolute Gasteiger partial charge is 0.339 e. The molecule has 0 amide bonds. The molecular weight excluding hydrogens is 355 g/mol. The molecule has 0 saturated heterocycles. The number of hydrogen-bond donors (Lipinski definition) is 1. The molecule has 2 aromatic rings. The van der Waals surface area contributed by atoms with Gasteiger partial charge < -0.3 is 4.98 Å². The quantitative estimate of drug-likeness (QED) is 0.694. The van der Waals surface area contributed by atoms with Crippen molar-refractivity contribution in [3.05, 3.63) is 38.8 Å². The summed E-state index contributed by atoms with van der Waals surface area (Å²) in [6.45, 7) is 5.70. The van der Waals surface area contributed by atoms with Crippen molar-refractivity contribution in [2.45, 2.75) is 20.8 Å². The Morgan fingerprint density at radius 2 is 1.76 bits per heavy atom. The summed E-state index contributed by atoms with van der Waals surface area (Å²) in [7, 11) is 0. The lowest BCUT2D eigenvalue weighted by atomic mass is 10.0. The molecule has 2 aromatic heterocycles. The van der Waals surface area contributed by atoms with Crippen LogP contribution in [0.5, 0.6) is 0 Å². The number of H-pyrrole nitrogens is 1. The minimum absolute atomic E-state index is 0.126. The lowest BCUT2D eigenvalue weighted by molar-refractivity contribution is 0.600. The highest BCUT2D eigenvalue weighted by Gasteiger charge is 2.11. The number of aromatic amines is 1. The standard InChI is InChI=1S/C12H11N3O.Cl3OP/c1-6-7(2)10-11(16)9(4-13)5-14-12(10)15-8(6)3;1-5(2,3)4/h5H,1-3H3,(H,14,15,16);. The molecule has 1 N–H and O–H groups in total. The fourth-order valence-corrected chi connectivity index (χ4v) is 1.75. The third kappa shape index (κ3) is 4.72. The lowest BCUT2D eigenvalue weighted by Crippen LogP contribution is -2.11. The minimum Gasteiger partial charge on any atom is -0.345 e. The topological polar surface area (TPSA) is 86.6 Å². The number of pyridine rings is 2. The third-order valence-corrected chi connectivity index (χ3v) is 2.94. The van der Waals surface area contributed by atoms with E-state index in [2.05, 4.69) is 43.7 Å². The van der Waals surface area contributed by atoms with Gasteiger partial charge in [0.25, 0.3) is 0 Å². The van der Waals surface area contributed by atoms with E-state index in [1.165, 1.54) is 6.20 Å². The van der Waals surface area contributed by atoms with Gasteiger partial charge >= 0.3 is 5.20 Å². The van der Waals surface area contributed by atoms with E-state index in [0.717, 1.165) is 16.8 Å². The van der Waals surface area contributed by atoms with E-state index in [1.54, 1.807) is 0 Å². The number of rotatable bonds is 0. The average Bonchev–Trinajstić information content (AvgIpc) is 2.34. The summed E-state index contributed by atoms with van der Waals surface area (Å²) in [4.78, 5) is 19.2. The van der Waals surface area contributed by atoms with Crippen LogP contribution in [0.2, 0.25) is 0 Å². The van der Waals surface area contributed by atoms with Crippen molar-refractivity contribution in [3.63, 3.8) is 0 Å². The van der Waals surface area contributed by atoms with Gasteiger partial charge in [0.15, 0.2) is 0 Å². The summed E-state index contributed by atoms with van der Waals surface area (Å²) in [6, 6.07) is 1.88. The molecule has 21 heavy (non-hydrogen) atoms. The molecule has 112 valence electrons. The zero-order valence-corrected chi connectivity index (χ0v) is 14.5. The lowest BCUT2D eigenvalue weighted by Gasteiger charge is -2.07. The highest BCUT2D eigenvalue weighted by molar-refractivity contribution is 8.24. The first kappa shape index (κ1) is 18.0. The second-order valence-corrected chi connectivity index (χ2v) is 10.9. The molecule has 0 aliphatic rings. The van der Waals surface area contributed by atoms with Crippen LogP contribution in [0.4, 0.5) is 0 Å². The van der Waals surface area contributed by atoms with Gasteiger partial charge in [-0.2, -0.15) is 5.26 Å².